The average molecular weight is 319 g/mol. The van der Waals surface area contributed by atoms with Crippen molar-refractivity contribution in [3.63, 3.8) is 0 Å². The molecule has 0 aliphatic heterocycles. The van der Waals surface area contributed by atoms with E-state index in [-0.39, 0.29) is 11.9 Å². The van der Waals surface area contributed by atoms with E-state index in [4.69, 9.17) is 0 Å². The first kappa shape index (κ1) is 14.6. The van der Waals surface area contributed by atoms with E-state index in [0.717, 1.165) is 22.3 Å². The van der Waals surface area contributed by atoms with Crippen LogP contribution in [0.3, 0.4) is 0 Å². The Bertz CT molecular complexity index is 392. The van der Waals surface area contributed by atoms with Crippen molar-refractivity contribution < 1.29 is 4.79 Å². The maximum atomic E-state index is 12.3. The van der Waals surface area contributed by atoms with Gasteiger partial charge in [-0.05, 0) is 47.3 Å². The second kappa shape index (κ2) is 6.50. The van der Waals surface area contributed by atoms with E-state index in [1.54, 1.807) is 0 Å². The molecule has 0 aliphatic carbocycles. The van der Waals surface area contributed by atoms with Crippen LogP contribution in [0.15, 0.2) is 16.7 Å². The highest BCUT2D eigenvalue weighted by Crippen LogP contribution is 2.16. The third-order valence-corrected chi connectivity index (χ3v) is 3.99. The van der Waals surface area contributed by atoms with E-state index < -0.39 is 0 Å². The minimum atomic E-state index is 0.0757. The molecule has 0 aliphatic rings. The fourth-order valence-electron chi connectivity index (χ4n) is 1.60. The summed E-state index contributed by atoms with van der Waals surface area (Å²) in [7, 11) is 3.76. The minimum absolute atomic E-state index is 0.0757. The molecule has 0 aromatic carbocycles. The zero-order chi connectivity index (χ0) is 13.0. The second-order valence-electron chi connectivity index (χ2n) is 4.20. The number of nitrogens with zero attached hydrogens (tertiary/aromatic N) is 2. The molecular formula is C12H19BrN2OS. The molecule has 1 amide bonds. The molecule has 0 fully saturated rings. The number of hydrogen-bond acceptors (Lipinski definition) is 2. The van der Waals surface area contributed by atoms with Crippen molar-refractivity contribution in [1.29, 1.82) is 0 Å². The molecule has 1 unspecified atom stereocenters. The van der Waals surface area contributed by atoms with Crippen LogP contribution in [-0.2, 0) is 7.05 Å². The topological polar surface area (TPSA) is 25.2 Å². The van der Waals surface area contributed by atoms with Gasteiger partial charge in [-0.15, -0.1) is 0 Å². The summed E-state index contributed by atoms with van der Waals surface area (Å²) in [5.74, 6) is 1.15. The van der Waals surface area contributed by atoms with Crippen LogP contribution in [0.2, 0.25) is 0 Å². The lowest BCUT2D eigenvalue weighted by Crippen LogP contribution is -2.36. The van der Waals surface area contributed by atoms with Crippen LogP contribution < -0.4 is 0 Å². The summed E-state index contributed by atoms with van der Waals surface area (Å²) >= 11 is 5.20. The molecule has 1 atom stereocenters. The van der Waals surface area contributed by atoms with Crippen LogP contribution in [0.1, 0.15) is 23.8 Å². The summed E-state index contributed by atoms with van der Waals surface area (Å²) in [6.07, 6.45) is 5.01. The first-order valence-corrected chi connectivity index (χ1v) is 7.74. The first-order chi connectivity index (χ1) is 7.97. The number of thioether (sulfide) groups is 1. The van der Waals surface area contributed by atoms with Gasteiger partial charge in [0, 0.05) is 30.8 Å². The predicted molar refractivity (Wildman–Crippen MR) is 77.7 cm³/mol. The van der Waals surface area contributed by atoms with Crippen LogP contribution in [-0.4, -0.2) is 40.5 Å². The quantitative estimate of drug-likeness (QED) is 0.834. The average Bonchev–Trinajstić information content (AvgIpc) is 2.63. The third-order valence-electron chi connectivity index (χ3n) is 2.91. The summed E-state index contributed by atoms with van der Waals surface area (Å²) in [6.45, 7) is 2.09. The van der Waals surface area contributed by atoms with Crippen molar-refractivity contribution in [2.24, 2.45) is 7.05 Å². The van der Waals surface area contributed by atoms with Gasteiger partial charge in [0.05, 0.1) is 0 Å². The monoisotopic (exact) mass is 318 g/mol. The van der Waals surface area contributed by atoms with Crippen molar-refractivity contribution in [3.05, 3.63) is 22.4 Å². The predicted octanol–water partition coefficient (Wildman–Crippen LogP) is 3.00. The lowest BCUT2D eigenvalue weighted by atomic mass is 10.2. The molecule has 96 valence electrons. The number of aromatic nitrogens is 1. The number of carbonyl (C=O) groups excluding carboxylic acids is 1. The zero-order valence-electron chi connectivity index (χ0n) is 10.7. The van der Waals surface area contributed by atoms with Crippen molar-refractivity contribution in [1.82, 2.24) is 9.47 Å². The molecule has 0 radical (unpaired) electrons. The zero-order valence-corrected chi connectivity index (χ0v) is 13.1. The van der Waals surface area contributed by atoms with Gasteiger partial charge < -0.3 is 9.47 Å². The summed E-state index contributed by atoms with van der Waals surface area (Å²) < 4.78 is 2.79. The highest BCUT2D eigenvalue weighted by Gasteiger charge is 2.19. The van der Waals surface area contributed by atoms with Gasteiger partial charge in [0.1, 0.15) is 5.69 Å². The lowest BCUT2D eigenvalue weighted by Gasteiger charge is -2.24. The Morgan fingerprint density at radius 2 is 2.29 bits per heavy atom. The van der Waals surface area contributed by atoms with Crippen molar-refractivity contribution in [2.45, 2.75) is 19.4 Å². The molecule has 0 saturated carbocycles. The van der Waals surface area contributed by atoms with Gasteiger partial charge in [0.2, 0.25) is 0 Å². The number of aryl methyl sites for hydroxylation is 1. The van der Waals surface area contributed by atoms with Gasteiger partial charge in [0.15, 0.2) is 0 Å². The molecule has 1 aromatic rings. The molecule has 3 nitrogen and oxygen atoms in total. The van der Waals surface area contributed by atoms with E-state index in [0.29, 0.717) is 0 Å². The molecule has 1 aromatic heterocycles. The first-order valence-electron chi connectivity index (χ1n) is 5.55. The van der Waals surface area contributed by atoms with Crippen LogP contribution in [0.25, 0.3) is 0 Å². The molecule has 0 bridgehead atoms. The van der Waals surface area contributed by atoms with Gasteiger partial charge in [-0.2, -0.15) is 11.8 Å². The molecule has 1 rings (SSSR count). The van der Waals surface area contributed by atoms with Crippen molar-refractivity contribution in [3.8, 4) is 0 Å². The fourth-order valence-corrected chi connectivity index (χ4v) is 2.70. The Balaban J connectivity index is 2.72. The van der Waals surface area contributed by atoms with Gasteiger partial charge in [0.25, 0.3) is 5.91 Å². The van der Waals surface area contributed by atoms with Crippen molar-refractivity contribution in [2.75, 3.05) is 19.1 Å². The Kier molecular flexibility index (Phi) is 5.59. The van der Waals surface area contributed by atoms with Crippen LogP contribution >= 0.6 is 27.7 Å². The number of hydrogen-bond donors (Lipinski definition) is 0. The second-order valence-corrected chi connectivity index (χ2v) is 6.10. The standard InChI is InChI=1S/C12H19BrN2OS/c1-9(5-6-17-4)15(3)12(16)11-7-10(13)8-14(11)2/h7-9H,5-6H2,1-4H3. The largest absolute Gasteiger partial charge is 0.345 e. The third kappa shape index (κ3) is 3.78. The maximum absolute atomic E-state index is 12.3. The normalized spacial score (nSPS) is 12.5. The van der Waals surface area contributed by atoms with Gasteiger partial charge in [-0.1, -0.05) is 0 Å². The number of amides is 1. The summed E-state index contributed by atoms with van der Waals surface area (Å²) in [5, 5.41) is 0. The highest BCUT2D eigenvalue weighted by molar-refractivity contribution is 9.10. The van der Waals surface area contributed by atoms with E-state index in [1.165, 1.54) is 0 Å². The Labute approximate surface area is 116 Å². The molecule has 0 N–H and O–H groups in total. The number of rotatable bonds is 5. The molecule has 0 saturated heterocycles. The Morgan fingerprint density at radius 1 is 1.65 bits per heavy atom. The number of halogens is 1. The number of carbonyl (C=O) groups is 1. The molecular weight excluding hydrogens is 300 g/mol. The SMILES string of the molecule is CSCCC(C)N(C)C(=O)c1cc(Br)cn1C. The summed E-state index contributed by atoms with van der Waals surface area (Å²) in [4.78, 5) is 14.1. The summed E-state index contributed by atoms with van der Waals surface area (Å²) in [5.41, 5.74) is 0.718. The summed E-state index contributed by atoms with van der Waals surface area (Å²) in [6, 6.07) is 2.13. The fraction of sp³-hybridized carbons (Fsp3) is 0.583. The van der Waals surface area contributed by atoms with Gasteiger partial charge >= 0.3 is 0 Å². The Hall–Kier alpha value is -0.420. The smallest absolute Gasteiger partial charge is 0.270 e. The molecule has 5 heteroatoms. The van der Waals surface area contributed by atoms with Gasteiger partial charge in [-0.25, -0.2) is 0 Å². The van der Waals surface area contributed by atoms with Crippen LogP contribution in [0.4, 0.5) is 0 Å². The van der Waals surface area contributed by atoms with E-state index in [2.05, 4.69) is 29.1 Å². The van der Waals surface area contributed by atoms with Crippen LogP contribution in [0.5, 0.6) is 0 Å². The van der Waals surface area contributed by atoms with Crippen LogP contribution in [0, 0.1) is 0 Å². The van der Waals surface area contributed by atoms with E-state index in [1.807, 2.05) is 47.6 Å². The van der Waals surface area contributed by atoms with E-state index >= 15 is 0 Å². The van der Waals surface area contributed by atoms with Crippen molar-refractivity contribution >= 4 is 33.6 Å². The minimum Gasteiger partial charge on any atom is -0.345 e. The van der Waals surface area contributed by atoms with Gasteiger partial charge in [-0.3, -0.25) is 4.79 Å². The maximum Gasteiger partial charge on any atom is 0.270 e. The Morgan fingerprint density at radius 3 is 2.76 bits per heavy atom. The van der Waals surface area contributed by atoms with E-state index in [9.17, 15) is 4.79 Å². The molecule has 17 heavy (non-hydrogen) atoms. The molecule has 0 spiro atoms. The highest BCUT2D eigenvalue weighted by atomic mass is 79.9. The molecule has 1 heterocycles. The lowest BCUT2D eigenvalue weighted by molar-refractivity contribution is 0.0732.